The van der Waals surface area contributed by atoms with Gasteiger partial charge in [0, 0.05) is 11.0 Å². The van der Waals surface area contributed by atoms with Gasteiger partial charge in [-0.15, -0.1) is 11.3 Å². The molecule has 1 heterocycles. The predicted molar refractivity (Wildman–Crippen MR) is 104 cm³/mol. The first-order valence-corrected chi connectivity index (χ1v) is 9.21. The Morgan fingerprint density at radius 3 is 2.24 bits per heavy atom. The van der Waals surface area contributed by atoms with Gasteiger partial charge < -0.3 is 9.84 Å². The first kappa shape index (κ1) is 17.6. The Morgan fingerprint density at radius 2 is 1.64 bits per heavy atom. The van der Waals surface area contributed by atoms with E-state index < -0.39 is 0 Å². The number of aliphatic hydroxyl groups is 1. The van der Waals surface area contributed by atoms with Gasteiger partial charge in [-0.1, -0.05) is 51.1 Å². The SMILES string of the molecule is CC(C)(C)c1nc(-c2ccccc2)c(-c2ccc(OCCO)cc2)s1. The number of hydrogen-bond donors (Lipinski definition) is 1. The molecule has 0 spiro atoms. The van der Waals surface area contributed by atoms with Gasteiger partial charge in [0.1, 0.15) is 12.4 Å². The van der Waals surface area contributed by atoms with Crippen molar-refractivity contribution >= 4 is 11.3 Å². The fourth-order valence-electron chi connectivity index (χ4n) is 2.49. The van der Waals surface area contributed by atoms with Crippen LogP contribution in [0.25, 0.3) is 21.7 Å². The maximum Gasteiger partial charge on any atom is 0.119 e. The molecule has 4 heteroatoms. The molecule has 0 saturated carbocycles. The summed E-state index contributed by atoms with van der Waals surface area (Å²) in [6.45, 7) is 6.90. The molecule has 25 heavy (non-hydrogen) atoms. The molecular weight excluding hydrogens is 330 g/mol. The minimum absolute atomic E-state index is 0.0105. The third-order valence-electron chi connectivity index (χ3n) is 3.79. The normalized spacial score (nSPS) is 11.5. The molecule has 0 radical (unpaired) electrons. The van der Waals surface area contributed by atoms with Crippen molar-refractivity contribution in [1.29, 1.82) is 0 Å². The second kappa shape index (κ2) is 7.38. The van der Waals surface area contributed by atoms with E-state index in [2.05, 4.69) is 45.0 Å². The summed E-state index contributed by atoms with van der Waals surface area (Å²) in [5.74, 6) is 0.764. The Labute approximate surface area is 153 Å². The van der Waals surface area contributed by atoms with Crippen LogP contribution < -0.4 is 4.74 Å². The summed E-state index contributed by atoms with van der Waals surface area (Å²) in [6.07, 6.45) is 0. The Morgan fingerprint density at radius 1 is 0.960 bits per heavy atom. The molecule has 0 amide bonds. The Kier molecular flexibility index (Phi) is 5.21. The minimum Gasteiger partial charge on any atom is -0.491 e. The van der Waals surface area contributed by atoms with Crippen molar-refractivity contribution in [2.45, 2.75) is 26.2 Å². The average molecular weight is 353 g/mol. The lowest BCUT2D eigenvalue weighted by Crippen LogP contribution is -2.10. The van der Waals surface area contributed by atoms with Gasteiger partial charge in [0.2, 0.25) is 0 Å². The number of aliphatic hydroxyl groups excluding tert-OH is 1. The van der Waals surface area contributed by atoms with Crippen molar-refractivity contribution < 1.29 is 9.84 Å². The van der Waals surface area contributed by atoms with E-state index in [9.17, 15) is 0 Å². The van der Waals surface area contributed by atoms with Crippen LogP contribution >= 0.6 is 11.3 Å². The number of ether oxygens (including phenoxy) is 1. The van der Waals surface area contributed by atoms with Crippen LogP contribution in [0.5, 0.6) is 5.75 Å². The molecule has 2 aromatic carbocycles. The molecule has 0 bridgehead atoms. The zero-order valence-corrected chi connectivity index (χ0v) is 15.6. The summed E-state index contributed by atoms with van der Waals surface area (Å²) < 4.78 is 5.46. The minimum atomic E-state index is 0.0105. The smallest absolute Gasteiger partial charge is 0.119 e. The van der Waals surface area contributed by atoms with Gasteiger partial charge in [0.05, 0.1) is 22.2 Å². The lowest BCUT2D eigenvalue weighted by molar-refractivity contribution is 0.201. The van der Waals surface area contributed by atoms with Crippen molar-refractivity contribution in [2.75, 3.05) is 13.2 Å². The third-order valence-corrected chi connectivity index (χ3v) is 5.32. The van der Waals surface area contributed by atoms with Crippen molar-refractivity contribution in [1.82, 2.24) is 4.98 Å². The molecule has 0 aliphatic rings. The molecule has 3 nitrogen and oxygen atoms in total. The molecule has 1 aromatic heterocycles. The summed E-state index contributed by atoms with van der Waals surface area (Å²) in [5.41, 5.74) is 3.30. The molecule has 0 aliphatic carbocycles. The van der Waals surface area contributed by atoms with Gasteiger partial charge in [0.25, 0.3) is 0 Å². The monoisotopic (exact) mass is 353 g/mol. The van der Waals surface area contributed by atoms with E-state index in [1.165, 1.54) is 4.88 Å². The van der Waals surface area contributed by atoms with Gasteiger partial charge in [-0.2, -0.15) is 0 Å². The molecule has 0 saturated heterocycles. The molecule has 130 valence electrons. The molecule has 0 aliphatic heterocycles. The number of nitrogens with zero attached hydrogens (tertiary/aromatic N) is 1. The second-order valence-corrected chi connectivity index (χ2v) is 7.91. The number of thiazole rings is 1. The molecule has 0 unspecified atom stereocenters. The molecule has 0 fully saturated rings. The van der Waals surface area contributed by atoms with Crippen LogP contribution in [0.2, 0.25) is 0 Å². The average Bonchev–Trinajstić information content (AvgIpc) is 3.07. The molecule has 1 N–H and O–H groups in total. The largest absolute Gasteiger partial charge is 0.491 e. The predicted octanol–water partition coefficient (Wildman–Crippen LogP) is 5.15. The van der Waals surface area contributed by atoms with Crippen molar-refractivity contribution in [3.05, 3.63) is 59.6 Å². The maximum atomic E-state index is 8.87. The van der Waals surface area contributed by atoms with Crippen molar-refractivity contribution in [3.63, 3.8) is 0 Å². The maximum absolute atomic E-state index is 8.87. The summed E-state index contributed by atoms with van der Waals surface area (Å²) in [4.78, 5) is 6.13. The summed E-state index contributed by atoms with van der Waals surface area (Å²) in [6, 6.07) is 18.3. The van der Waals surface area contributed by atoms with Crippen LogP contribution in [-0.4, -0.2) is 23.3 Å². The Balaban J connectivity index is 2.03. The standard InChI is InChI=1S/C21H23NO2S/c1-21(2,3)20-22-18(15-7-5-4-6-8-15)19(25-20)16-9-11-17(12-10-16)24-14-13-23/h4-12,23H,13-14H2,1-3H3. The third kappa shape index (κ3) is 4.09. The number of aromatic nitrogens is 1. The number of benzene rings is 2. The van der Waals surface area contributed by atoms with E-state index in [-0.39, 0.29) is 12.0 Å². The van der Waals surface area contributed by atoms with Gasteiger partial charge >= 0.3 is 0 Å². The molecular formula is C21H23NO2S. The van der Waals surface area contributed by atoms with E-state index in [1.807, 2.05) is 30.3 Å². The van der Waals surface area contributed by atoms with E-state index in [4.69, 9.17) is 14.8 Å². The second-order valence-electron chi connectivity index (χ2n) is 6.91. The highest BCUT2D eigenvalue weighted by Crippen LogP contribution is 2.40. The van der Waals surface area contributed by atoms with Crippen LogP contribution in [0, 0.1) is 0 Å². The highest BCUT2D eigenvalue weighted by atomic mass is 32.1. The summed E-state index contributed by atoms with van der Waals surface area (Å²) in [5, 5.41) is 10.00. The fraction of sp³-hybridized carbons (Fsp3) is 0.286. The van der Waals surface area contributed by atoms with E-state index in [0.717, 1.165) is 27.6 Å². The van der Waals surface area contributed by atoms with E-state index in [1.54, 1.807) is 11.3 Å². The highest BCUT2D eigenvalue weighted by Gasteiger charge is 2.23. The lowest BCUT2D eigenvalue weighted by atomic mass is 9.98. The Bertz CT molecular complexity index is 817. The van der Waals surface area contributed by atoms with Gasteiger partial charge in [-0.3, -0.25) is 0 Å². The van der Waals surface area contributed by atoms with Crippen LogP contribution in [0.3, 0.4) is 0 Å². The van der Waals surface area contributed by atoms with Crippen LogP contribution in [0.15, 0.2) is 54.6 Å². The quantitative estimate of drug-likeness (QED) is 0.690. The van der Waals surface area contributed by atoms with Crippen LogP contribution in [0.4, 0.5) is 0 Å². The van der Waals surface area contributed by atoms with Gasteiger partial charge in [-0.05, 0) is 29.8 Å². The zero-order valence-electron chi connectivity index (χ0n) is 14.8. The lowest BCUT2D eigenvalue weighted by Gasteiger charge is -2.13. The molecule has 0 atom stereocenters. The zero-order chi connectivity index (χ0) is 17.9. The van der Waals surface area contributed by atoms with Crippen LogP contribution in [-0.2, 0) is 5.41 Å². The first-order chi connectivity index (χ1) is 12.0. The molecule has 3 rings (SSSR count). The summed E-state index contributed by atoms with van der Waals surface area (Å²) in [7, 11) is 0. The van der Waals surface area contributed by atoms with Gasteiger partial charge in [0.15, 0.2) is 0 Å². The Hall–Kier alpha value is -2.17. The summed E-state index contributed by atoms with van der Waals surface area (Å²) >= 11 is 1.75. The number of hydrogen-bond acceptors (Lipinski definition) is 4. The van der Waals surface area contributed by atoms with Crippen molar-refractivity contribution in [2.24, 2.45) is 0 Å². The van der Waals surface area contributed by atoms with E-state index >= 15 is 0 Å². The fourth-order valence-corrected chi connectivity index (χ4v) is 3.64. The van der Waals surface area contributed by atoms with Crippen molar-refractivity contribution in [3.8, 4) is 27.4 Å². The number of rotatable bonds is 5. The highest BCUT2D eigenvalue weighted by molar-refractivity contribution is 7.15. The van der Waals surface area contributed by atoms with Gasteiger partial charge in [-0.25, -0.2) is 4.98 Å². The first-order valence-electron chi connectivity index (χ1n) is 8.40. The molecule has 3 aromatic rings. The van der Waals surface area contributed by atoms with Crippen LogP contribution in [0.1, 0.15) is 25.8 Å². The topological polar surface area (TPSA) is 42.4 Å². The van der Waals surface area contributed by atoms with E-state index in [0.29, 0.717) is 6.61 Å².